The van der Waals surface area contributed by atoms with Crippen LogP contribution in [0.5, 0.6) is 0 Å². The summed E-state index contributed by atoms with van der Waals surface area (Å²) in [6, 6.07) is 7.59. The molecule has 0 N–H and O–H groups in total. The molecule has 1 heterocycles. The molecule has 1 aliphatic heterocycles. The van der Waals surface area contributed by atoms with Crippen molar-refractivity contribution in [3.8, 4) is 0 Å². The third-order valence-corrected chi connectivity index (χ3v) is 4.55. The minimum atomic E-state index is 0.632. The highest BCUT2D eigenvalue weighted by Gasteiger charge is 2.29. The van der Waals surface area contributed by atoms with Crippen molar-refractivity contribution in [2.24, 2.45) is 0 Å². The number of rotatable bonds is 2. The summed E-state index contributed by atoms with van der Waals surface area (Å²) in [6.45, 7) is 9.69. The summed E-state index contributed by atoms with van der Waals surface area (Å²) in [5, 5.41) is 0. The van der Waals surface area contributed by atoms with E-state index >= 15 is 0 Å². The van der Waals surface area contributed by atoms with E-state index in [9.17, 15) is 0 Å². The summed E-state index contributed by atoms with van der Waals surface area (Å²) in [4.78, 5) is 5.05. The Balaban J connectivity index is 1.90. The Morgan fingerprint density at radius 3 is 2.84 bits per heavy atom. The number of fused-ring (bicyclic) bond motifs is 1. The van der Waals surface area contributed by atoms with Crippen molar-refractivity contribution in [3.63, 3.8) is 0 Å². The van der Waals surface area contributed by atoms with E-state index in [0.29, 0.717) is 6.04 Å². The van der Waals surface area contributed by atoms with E-state index in [4.69, 9.17) is 0 Å². The summed E-state index contributed by atoms with van der Waals surface area (Å²) in [5.41, 5.74) is 5.58. The maximum absolute atomic E-state index is 4.06. The van der Waals surface area contributed by atoms with Gasteiger partial charge in [-0.15, -0.1) is 0 Å². The first-order valence-electron chi connectivity index (χ1n) is 7.36. The van der Waals surface area contributed by atoms with E-state index in [1.807, 2.05) is 0 Å². The zero-order valence-electron chi connectivity index (χ0n) is 12.2. The van der Waals surface area contributed by atoms with E-state index in [1.165, 1.54) is 43.5 Å². The van der Waals surface area contributed by atoms with Gasteiger partial charge in [0.25, 0.3) is 0 Å². The molecule has 0 amide bonds. The molecule has 1 aromatic rings. The molecule has 0 bridgehead atoms. The van der Waals surface area contributed by atoms with Gasteiger partial charge in [-0.1, -0.05) is 30.4 Å². The van der Waals surface area contributed by atoms with Crippen LogP contribution in [0.4, 0.5) is 0 Å². The molecule has 1 aromatic carbocycles. The smallest absolute Gasteiger partial charge is 0.0510 e. The second-order valence-corrected chi connectivity index (χ2v) is 6.14. The minimum absolute atomic E-state index is 0.632. The van der Waals surface area contributed by atoms with Crippen molar-refractivity contribution in [3.05, 3.63) is 41.5 Å². The predicted molar refractivity (Wildman–Crippen MR) is 81.0 cm³/mol. The van der Waals surface area contributed by atoms with Crippen LogP contribution < -0.4 is 0 Å². The SMILES string of the molecule is C=C(C)c1ccc2c(c1)CCCC2N1CCN(C)C1. The first-order valence-corrected chi connectivity index (χ1v) is 7.36. The van der Waals surface area contributed by atoms with Crippen LogP contribution in [0.3, 0.4) is 0 Å². The second-order valence-electron chi connectivity index (χ2n) is 6.14. The molecule has 2 heteroatoms. The Labute approximate surface area is 116 Å². The topological polar surface area (TPSA) is 6.48 Å². The third-order valence-electron chi connectivity index (χ3n) is 4.55. The maximum atomic E-state index is 4.06. The molecule has 1 atom stereocenters. The molecular formula is C17H24N2. The fraction of sp³-hybridized carbons (Fsp3) is 0.529. The molecule has 0 radical (unpaired) electrons. The fourth-order valence-corrected chi connectivity index (χ4v) is 3.44. The van der Waals surface area contributed by atoms with Gasteiger partial charge in [0.1, 0.15) is 0 Å². The zero-order valence-corrected chi connectivity index (χ0v) is 12.2. The molecule has 1 unspecified atom stereocenters. The standard InChI is InChI=1S/C17H24N2/c1-13(2)14-7-8-16-15(11-14)5-4-6-17(16)19-10-9-18(3)12-19/h7-8,11,17H,1,4-6,9-10,12H2,2-3H3. The summed E-state index contributed by atoms with van der Waals surface area (Å²) >= 11 is 0. The summed E-state index contributed by atoms with van der Waals surface area (Å²) in [6.07, 6.45) is 3.86. The lowest BCUT2D eigenvalue weighted by Gasteiger charge is -2.33. The average molecular weight is 256 g/mol. The molecule has 0 spiro atoms. The zero-order chi connectivity index (χ0) is 13.4. The summed E-state index contributed by atoms with van der Waals surface area (Å²) in [7, 11) is 2.22. The van der Waals surface area contributed by atoms with E-state index < -0.39 is 0 Å². The number of nitrogens with zero attached hydrogens (tertiary/aromatic N) is 2. The van der Waals surface area contributed by atoms with Crippen molar-refractivity contribution < 1.29 is 0 Å². The molecule has 19 heavy (non-hydrogen) atoms. The Kier molecular flexibility index (Phi) is 3.46. The maximum Gasteiger partial charge on any atom is 0.0510 e. The summed E-state index contributed by atoms with van der Waals surface area (Å²) in [5.74, 6) is 0. The van der Waals surface area contributed by atoms with Crippen molar-refractivity contribution in [1.82, 2.24) is 9.80 Å². The Morgan fingerprint density at radius 1 is 1.32 bits per heavy atom. The van der Waals surface area contributed by atoms with E-state index in [2.05, 4.69) is 48.5 Å². The van der Waals surface area contributed by atoms with Gasteiger partial charge in [0, 0.05) is 19.1 Å². The van der Waals surface area contributed by atoms with Gasteiger partial charge in [0.05, 0.1) is 6.67 Å². The molecule has 1 saturated heterocycles. The molecule has 1 aliphatic carbocycles. The second kappa shape index (κ2) is 5.10. The van der Waals surface area contributed by atoms with Gasteiger partial charge in [0.2, 0.25) is 0 Å². The van der Waals surface area contributed by atoms with Crippen LogP contribution in [0, 0.1) is 0 Å². The van der Waals surface area contributed by atoms with Crippen molar-refractivity contribution in [2.45, 2.75) is 32.2 Å². The molecule has 3 rings (SSSR count). The number of allylic oxidation sites excluding steroid dienone is 1. The molecule has 102 valence electrons. The van der Waals surface area contributed by atoms with Crippen LogP contribution in [0.1, 0.15) is 42.5 Å². The van der Waals surface area contributed by atoms with Crippen LogP contribution in [0.2, 0.25) is 0 Å². The van der Waals surface area contributed by atoms with Crippen LogP contribution in [-0.2, 0) is 6.42 Å². The molecule has 1 fully saturated rings. The predicted octanol–water partition coefficient (Wildman–Crippen LogP) is 3.30. The molecule has 0 aromatic heterocycles. The van der Waals surface area contributed by atoms with Gasteiger partial charge in [-0.05, 0) is 49.9 Å². The summed E-state index contributed by atoms with van der Waals surface area (Å²) < 4.78 is 0. The first-order chi connectivity index (χ1) is 9.15. The number of benzene rings is 1. The van der Waals surface area contributed by atoms with E-state index in [0.717, 1.165) is 6.67 Å². The average Bonchev–Trinajstić information content (AvgIpc) is 2.84. The van der Waals surface area contributed by atoms with Crippen LogP contribution in [-0.4, -0.2) is 36.6 Å². The number of aryl methyl sites for hydroxylation is 1. The third kappa shape index (κ3) is 2.47. The van der Waals surface area contributed by atoms with Crippen molar-refractivity contribution in [1.29, 1.82) is 0 Å². The van der Waals surface area contributed by atoms with Gasteiger partial charge < -0.3 is 0 Å². The largest absolute Gasteiger partial charge is 0.292 e. The lowest BCUT2D eigenvalue weighted by molar-refractivity contribution is 0.189. The first kappa shape index (κ1) is 12.9. The van der Waals surface area contributed by atoms with Crippen molar-refractivity contribution in [2.75, 3.05) is 26.8 Å². The Bertz CT molecular complexity index is 492. The number of hydrogen-bond donors (Lipinski definition) is 0. The molecule has 0 saturated carbocycles. The van der Waals surface area contributed by atoms with Gasteiger partial charge >= 0.3 is 0 Å². The van der Waals surface area contributed by atoms with Gasteiger partial charge in [-0.3, -0.25) is 9.80 Å². The minimum Gasteiger partial charge on any atom is -0.292 e. The van der Waals surface area contributed by atoms with E-state index in [1.54, 1.807) is 11.1 Å². The highest BCUT2D eigenvalue weighted by molar-refractivity contribution is 5.62. The van der Waals surface area contributed by atoms with E-state index in [-0.39, 0.29) is 0 Å². The van der Waals surface area contributed by atoms with Crippen molar-refractivity contribution >= 4 is 5.57 Å². The molecule has 2 aliphatic rings. The highest BCUT2D eigenvalue weighted by atomic mass is 15.4. The Morgan fingerprint density at radius 2 is 2.16 bits per heavy atom. The molecule has 2 nitrogen and oxygen atoms in total. The molecular weight excluding hydrogens is 232 g/mol. The lowest BCUT2D eigenvalue weighted by atomic mass is 9.85. The Hall–Kier alpha value is -1.12. The van der Waals surface area contributed by atoms with Gasteiger partial charge in [-0.25, -0.2) is 0 Å². The van der Waals surface area contributed by atoms with Crippen LogP contribution in [0.25, 0.3) is 5.57 Å². The van der Waals surface area contributed by atoms with Gasteiger partial charge in [0.15, 0.2) is 0 Å². The van der Waals surface area contributed by atoms with Crippen LogP contribution in [0.15, 0.2) is 24.8 Å². The number of likely N-dealkylation sites (N-methyl/N-ethyl adjacent to an activating group) is 1. The monoisotopic (exact) mass is 256 g/mol. The normalized spacial score (nSPS) is 24.4. The highest BCUT2D eigenvalue weighted by Crippen LogP contribution is 2.36. The van der Waals surface area contributed by atoms with Gasteiger partial charge in [-0.2, -0.15) is 0 Å². The fourth-order valence-electron chi connectivity index (χ4n) is 3.44. The lowest BCUT2D eigenvalue weighted by Crippen LogP contribution is -2.30. The van der Waals surface area contributed by atoms with Crippen LogP contribution >= 0.6 is 0 Å². The number of hydrogen-bond acceptors (Lipinski definition) is 2. The quantitative estimate of drug-likeness (QED) is 0.801.